The van der Waals surface area contributed by atoms with Crippen molar-refractivity contribution in [3.05, 3.63) is 47.8 Å². The molecule has 4 heteroatoms. The molecule has 0 spiro atoms. The first-order chi connectivity index (χ1) is 9.74. The van der Waals surface area contributed by atoms with Crippen LogP contribution in [-0.4, -0.2) is 22.9 Å². The van der Waals surface area contributed by atoms with E-state index < -0.39 is 0 Å². The predicted octanol–water partition coefficient (Wildman–Crippen LogP) is 2.46. The van der Waals surface area contributed by atoms with Crippen molar-refractivity contribution in [3.8, 4) is 5.75 Å². The van der Waals surface area contributed by atoms with Gasteiger partial charge in [0.1, 0.15) is 5.75 Å². The minimum atomic E-state index is 0.627. The number of rotatable bonds is 5. The molecule has 2 aromatic rings. The number of benzene rings is 1. The lowest BCUT2D eigenvalue weighted by Crippen LogP contribution is -2.39. The molecule has 0 bridgehead atoms. The van der Waals surface area contributed by atoms with Gasteiger partial charge in [-0.15, -0.1) is 0 Å². The van der Waals surface area contributed by atoms with Crippen LogP contribution in [0, 0.1) is 0 Å². The lowest BCUT2D eigenvalue weighted by Gasteiger charge is -2.36. The van der Waals surface area contributed by atoms with Crippen LogP contribution in [0.1, 0.15) is 29.9 Å². The van der Waals surface area contributed by atoms with Gasteiger partial charge in [0.25, 0.3) is 0 Å². The van der Waals surface area contributed by atoms with Crippen LogP contribution < -0.4 is 10.1 Å². The first-order valence-electron chi connectivity index (χ1n) is 7.09. The summed E-state index contributed by atoms with van der Waals surface area (Å²) in [5.41, 5.74) is 2.67. The van der Waals surface area contributed by atoms with Gasteiger partial charge in [-0.1, -0.05) is 12.1 Å². The quantitative estimate of drug-likeness (QED) is 0.908. The van der Waals surface area contributed by atoms with Gasteiger partial charge < -0.3 is 10.1 Å². The molecular formula is C16H21N3O. The Balaban J connectivity index is 1.46. The van der Waals surface area contributed by atoms with Crippen molar-refractivity contribution in [1.29, 1.82) is 0 Å². The molecule has 0 aliphatic heterocycles. The van der Waals surface area contributed by atoms with E-state index in [4.69, 9.17) is 4.74 Å². The fourth-order valence-electron chi connectivity index (χ4n) is 2.76. The number of hydrogen-bond acceptors (Lipinski definition) is 3. The molecule has 1 aliphatic carbocycles. The van der Waals surface area contributed by atoms with E-state index in [1.165, 1.54) is 24.0 Å². The Labute approximate surface area is 119 Å². The fourth-order valence-corrected chi connectivity index (χ4v) is 2.76. The molecule has 1 N–H and O–H groups in total. The third-order valence-electron chi connectivity index (χ3n) is 4.08. The maximum Gasteiger partial charge on any atom is 0.118 e. The van der Waals surface area contributed by atoms with E-state index in [2.05, 4.69) is 28.7 Å². The van der Waals surface area contributed by atoms with Crippen molar-refractivity contribution in [2.45, 2.75) is 31.3 Å². The molecule has 20 heavy (non-hydrogen) atoms. The number of methoxy groups -OCH3 is 1. The van der Waals surface area contributed by atoms with Gasteiger partial charge in [-0.2, -0.15) is 5.10 Å². The molecule has 1 heterocycles. The summed E-state index contributed by atoms with van der Waals surface area (Å²) >= 11 is 0. The van der Waals surface area contributed by atoms with Gasteiger partial charge in [-0.05, 0) is 36.5 Å². The molecule has 0 atom stereocenters. The molecule has 1 saturated carbocycles. The van der Waals surface area contributed by atoms with Crippen molar-refractivity contribution in [2.75, 3.05) is 7.11 Å². The molecule has 0 amide bonds. The zero-order valence-corrected chi connectivity index (χ0v) is 12.0. The van der Waals surface area contributed by atoms with Crippen molar-refractivity contribution in [3.63, 3.8) is 0 Å². The Kier molecular flexibility index (Phi) is 3.74. The Bertz CT molecular complexity index is 555. The number of aromatic nitrogens is 2. The van der Waals surface area contributed by atoms with E-state index >= 15 is 0 Å². The topological polar surface area (TPSA) is 39.1 Å². The highest BCUT2D eigenvalue weighted by atomic mass is 16.5. The first-order valence-corrected chi connectivity index (χ1v) is 7.09. The normalized spacial score (nSPS) is 21.5. The highest BCUT2D eigenvalue weighted by molar-refractivity contribution is 5.30. The van der Waals surface area contributed by atoms with Gasteiger partial charge in [-0.3, -0.25) is 4.68 Å². The van der Waals surface area contributed by atoms with Crippen LogP contribution >= 0.6 is 0 Å². The summed E-state index contributed by atoms with van der Waals surface area (Å²) in [6.07, 6.45) is 6.42. The van der Waals surface area contributed by atoms with Gasteiger partial charge in [0.2, 0.25) is 0 Å². The van der Waals surface area contributed by atoms with Gasteiger partial charge in [0.15, 0.2) is 0 Å². The second kappa shape index (κ2) is 5.67. The number of nitrogens with one attached hydrogen (secondary N) is 1. The van der Waals surface area contributed by atoms with Crippen LogP contribution in [0.5, 0.6) is 5.75 Å². The average molecular weight is 271 g/mol. The number of hydrogen-bond donors (Lipinski definition) is 1. The van der Waals surface area contributed by atoms with Crippen LogP contribution in [0.15, 0.2) is 36.7 Å². The van der Waals surface area contributed by atoms with Crippen LogP contribution in [-0.2, 0) is 13.6 Å². The van der Waals surface area contributed by atoms with E-state index in [0.29, 0.717) is 12.0 Å². The van der Waals surface area contributed by atoms with Gasteiger partial charge >= 0.3 is 0 Å². The van der Waals surface area contributed by atoms with Crippen LogP contribution in [0.25, 0.3) is 0 Å². The summed E-state index contributed by atoms with van der Waals surface area (Å²) in [5.74, 6) is 1.62. The predicted molar refractivity (Wildman–Crippen MR) is 78.8 cm³/mol. The summed E-state index contributed by atoms with van der Waals surface area (Å²) in [6.45, 7) is 0.911. The zero-order chi connectivity index (χ0) is 13.9. The van der Waals surface area contributed by atoms with Crippen molar-refractivity contribution in [1.82, 2.24) is 15.1 Å². The monoisotopic (exact) mass is 271 g/mol. The Morgan fingerprint density at radius 1 is 1.30 bits per heavy atom. The van der Waals surface area contributed by atoms with Crippen molar-refractivity contribution >= 4 is 0 Å². The third-order valence-corrected chi connectivity index (χ3v) is 4.08. The summed E-state index contributed by atoms with van der Waals surface area (Å²) in [4.78, 5) is 0. The molecule has 1 fully saturated rings. The smallest absolute Gasteiger partial charge is 0.118 e. The van der Waals surface area contributed by atoms with E-state index in [9.17, 15) is 0 Å². The lowest BCUT2D eigenvalue weighted by molar-refractivity contribution is 0.289. The molecular weight excluding hydrogens is 250 g/mol. The van der Waals surface area contributed by atoms with Gasteiger partial charge in [0.05, 0.1) is 13.3 Å². The van der Waals surface area contributed by atoms with Crippen LogP contribution in [0.3, 0.4) is 0 Å². The molecule has 0 radical (unpaired) electrons. The Morgan fingerprint density at radius 3 is 2.65 bits per heavy atom. The minimum absolute atomic E-state index is 0.627. The maximum absolute atomic E-state index is 5.19. The van der Waals surface area contributed by atoms with E-state index in [1.54, 1.807) is 7.11 Å². The highest BCUT2D eigenvalue weighted by Gasteiger charge is 2.29. The molecule has 4 nitrogen and oxygen atoms in total. The second-order valence-electron chi connectivity index (χ2n) is 5.54. The van der Waals surface area contributed by atoms with Crippen LogP contribution in [0.4, 0.5) is 0 Å². The average Bonchev–Trinajstić information content (AvgIpc) is 2.83. The first kappa shape index (κ1) is 13.2. The highest BCUT2D eigenvalue weighted by Crippen LogP contribution is 2.37. The number of nitrogens with zero attached hydrogens (tertiary/aromatic N) is 2. The number of aryl methyl sites for hydroxylation is 1. The van der Waals surface area contributed by atoms with Crippen molar-refractivity contribution in [2.24, 2.45) is 7.05 Å². The summed E-state index contributed by atoms with van der Waals surface area (Å²) in [6, 6.07) is 9.08. The maximum atomic E-state index is 5.19. The fraction of sp³-hybridized carbons (Fsp3) is 0.438. The van der Waals surface area contributed by atoms with Gasteiger partial charge in [0, 0.05) is 31.4 Å². The summed E-state index contributed by atoms with van der Waals surface area (Å²) in [7, 11) is 3.66. The molecule has 0 unspecified atom stereocenters. The van der Waals surface area contributed by atoms with Crippen molar-refractivity contribution < 1.29 is 4.74 Å². The number of ether oxygens (including phenoxy) is 1. The largest absolute Gasteiger partial charge is 0.497 e. The molecule has 1 aliphatic rings. The molecule has 0 saturated heterocycles. The summed E-state index contributed by atoms with van der Waals surface area (Å²) < 4.78 is 7.04. The Hall–Kier alpha value is -1.81. The standard InChI is InChI=1S/C16H21N3O/c1-19-11-12(10-18-19)9-17-15-7-14(8-15)13-3-5-16(20-2)6-4-13/h3-6,10-11,14-15,17H,7-9H2,1-2H3. The van der Waals surface area contributed by atoms with E-state index in [-0.39, 0.29) is 0 Å². The van der Waals surface area contributed by atoms with Gasteiger partial charge in [-0.25, -0.2) is 0 Å². The molecule has 1 aromatic heterocycles. The lowest BCUT2D eigenvalue weighted by atomic mass is 9.76. The van der Waals surface area contributed by atoms with E-state index in [1.807, 2.05) is 30.1 Å². The van der Waals surface area contributed by atoms with E-state index in [0.717, 1.165) is 12.3 Å². The minimum Gasteiger partial charge on any atom is -0.497 e. The van der Waals surface area contributed by atoms with Crippen LogP contribution in [0.2, 0.25) is 0 Å². The zero-order valence-electron chi connectivity index (χ0n) is 12.0. The Morgan fingerprint density at radius 2 is 2.05 bits per heavy atom. The molecule has 3 rings (SSSR count). The SMILES string of the molecule is COc1ccc(C2CC(NCc3cnn(C)c3)C2)cc1. The third kappa shape index (κ3) is 2.85. The second-order valence-corrected chi connectivity index (χ2v) is 5.54. The summed E-state index contributed by atoms with van der Waals surface area (Å²) in [5, 5.41) is 7.78. The molecule has 1 aromatic carbocycles. The molecule has 106 valence electrons.